The van der Waals surface area contributed by atoms with E-state index in [4.69, 9.17) is 11.6 Å². The summed E-state index contributed by atoms with van der Waals surface area (Å²) in [6, 6.07) is 16.2. The van der Waals surface area contributed by atoms with Crippen molar-refractivity contribution in [2.45, 2.75) is 38.6 Å². The summed E-state index contributed by atoms with van der Waals surface area (Å²) in [5.74, 6) is 0.452. The second kappa shape index (κ2) is 6.58. The zero-order valence-corrected chi connectivity index (χ0v) is 15.9. The number of benzene rings is 2. The van der Waals surface area contributed by atoms with Crippen molar-refractivity contribution in [1.29, 1.82) is 5.26 Å². The van der Waals surface area contributed by atoms with Gasteiger partial charge in [0.15, 0.2) is 0 Å². The van der Waals surface area contributed by atoms with E-state index in [2.05, 4.69) is 44.9 Å². The molecule has 0 radical (unpaired) electrons. The largest absolute Gasteiger partial charge is 0.369 e. The third kappa shape index (κ3) is 3.30. The molecular formula is C22H23ClN2. The van der Waals surface area contributed by atoms with Crippen molar-refractivity contribution in [2.75, 3.05) is 11.9 Å². The Bertz CT molecular complexity index is 860. The molecule has 1 heterocycles. The van der Waals surface area contributed by atoms with Crippen LogP contribution in [0.2, 0.25) is 5.02 Å². The Morgan fingerprint density at radius 1 is 1.28 bits per heavy atom. The molecule has 0 fully saturated rings. The van der Waals surface area contributed by atoms with Gasteiger partial charge in [0.05, 0.1) is 11.6 Å². The van der Waals surface area contributed by atoms with E-state index in [1.54, 1.807) is 0 Å². The molecule has 2 nitrogen and oxygen atoms in total. The number of allylic oxidation sites excluding steroid dienone is 1. The minimum absolute atomic E-state index is 0.106. The lowest BCUT2D eigenvalue weighted by atomic mass is 9.80. The number of rotatable bonds is 2. The molecule has 0 saturated heterocycles. The average Bonchev–Trinajstić information content (AvgIpc) is 2.59. The molecule has 2 aromatic carbocycles. The van der Waals surface area contributed by atoms with Gasteiger partial charge in [-0.3, -0.25) is 0 Å². The molecule has 128 valence electrons. The van der Waals surface area contributed by atoms with Crippen LogP contribution in [0.25, 0.3) is 11.6 Å². The van der Waals surface area contributed by atoms with Crippen molar-refractivity contribution >= 4 is 28.9 Å². The molecule has 3 heteroatoms. The number of anilines is 1. The maximum atomic E-state index is 9.56. The predicted octanol–water partition coefficient (Wildman–Crippen LogP) is 6.13. The lowest BCUT2D eigenvalue weighted by Gasteiger charge is -2.45. The third-order valence-corrected chi connectivity index (χ3v) is 5.58. The first-order valence-electron chi connectivity index (χ1n) is 8.58. The van der Waals surface area contributed by atoms with Crippen LogP contribution in [0.4, 0.5) is 5.69 Å². The summed E-state index contributed by atoms with van der Waals surface area (Å²) in [6.07, 6.45) is 2.98. The van der Waals surface area contributed by atoms with Crippen molar-refractivity contribution in [3.63, 3.8) is 0 Å². The van der Waals surface area contributed by atoms with Crippen molar-refractivity contribution in [1.82, 2.24) is 0 Å². The number of nitriles is 1. The van der Waals surface area contributed by atoms with E-state index >= 15 is 0 Å². The zero-order valence-electron chi connectivity index (χ0n) is 15.2. The molecule has 0 saturated carbocycles. The van der Waals surface area contributed by atoms with Gasteiger partial charge in [0.2, 0.25) is 0 Å². The van der Waals surface area contributed by atoms with Gasteiger partial charge in [0.1, 0.15) is 0 Å². The first kappa shape index (κ1) is 17.6. The van der Waals surface area contributed by atoms with E-state index in [0.29, 0.717) is 16.5 Å². The number of hydrogen-bond donors (Lipinski definition) is 0. The van der Waals surface area contributed by atoms with Gasteiger partial charge in [0.25, 0.3) is 0 Å². The van der Waals surface area contributed by atoms with Crippen LogP contribution in [-0.2, 0) is 0 Å². The maximum Gasteiger partial charge on any atom is 0.0998 e. The van der Waals surface area contributed by atoms with Crippen molar-refractivity contribution in [2.24, 2.45) is 0 Å². The topological polar surface area (TPSA) is 27.0 Å². The molecule has 25 heavy (non-hydrogen) atoms. The van der Waals surface area contributed by atoms with Crippen molar-refractivity contribution < 1.29 is 0 Å². The Labute approximate surface area is 155 Å². The Hall–Kier alpha value is -2.24. The first-order chi connectivity index (χ1) is 11.8. The highest BCUT2D eigenvalue weighted by Gasteiger charge is 2.34. The van der Waals surface area contributed by atoms with Gasteiger partial charge in [-0.15, -0.1) is 0 Å². The summed E-state index contributed by atoms with van der Waals surface area (Å²) in [7, 11) is 2.13. The Balaban J connectivity index is 2.10. The van der Waals surface area contributed by atoms with Gasteiger partial charge in [-0.25, -0.2) is 0 Å². The highest BCUT2D eigenvalue weighted by atomic mass is 35.5. The summed E-state index contributed by atoms with van der Waals surface area (Å²) in [6.45, 7) is 6.78. The molecule has 1 aliphatic rings. The number of halogens is 1. The molecule has 0 spiro atoms. The molecule has 2 aromatic rings. The third-order valence-electron chi connectivity index (χ3n) is 5.26. The maximum absolute atomic E-state index is 9.56. The second-order valence-corrected chi connectivity index (χ2v) is 7.85. The van der Waals surface area contributed by atoms with Crippen LogP contribution < -0.4 is 4.90 Å². The van der Waals surface area contributed by atoms with E-state index < -0.39 is 0 Å². The molecule has 0 aliphatic carbocycles. The van der Waals surface area contributed by atoms with Crippen LogP contribution in [0.5, 0.6) is 0 Å². The van der Waals surface area contributed by atoms with Gasteiger partial charge < -0.3 is 4.90 Å². The molecule has 0 aromatic heterocycles. The first-order valence-corrected chi connectivity index (χ1v) is 8.96. The highest BCUT2D eigenvalue weighted by Crippen LogP contribution is 2.44. The molecule has 0 bridgehead atoms. The van der Waals surface area contributed by atoms with E-state index in [0.717, 1.165) is 17.5 Å². The van der Waals surface area contributed by atoms with Crippen LogP contribution in [0, 0.1) is 11.3 Å². The zero-order chi connectivity index (χ0) is 18.2. The van der Waals surface area contributed by atoms with Gasteiger partial charge >= 0.3 is 0 Å². The van der Waals surface area contributed by atoms with Gasteiger partial charge in [-0.1, -0.05) is 48.9 Å². The lowest BCUT2D eigenvalue weighted by Crippen LogP contribution is -2.45. The number of hydrogen-bond acceptors (Lipinski definition) is 2. The fraction of sp³-hybridized carbons (Fsp3) is 0.318. The Kier molecular flexibility index (Phi) is 4.62. The van der Waals surface area contributed by atoms with Crippen molar-refractivity contribution in [3.05, 3.63) is 64.2 Å². The quantitative estimate of drug-likeness (QED) is 0.481. The lowest BCUT2D eigenvalue weighted by molar-refractivity contribution is 0.395. The predicted molar refractivity (Wildman–Crippen MR) is 107 cm³/mol. The highest BCUT2D eigenvalue weighted by molar-refractivity contribution is 6.32. The number of nitrogens with zero attached hydrogens (tertiary/aromatic N) is 2. The standard InChI is InChI=1S/C22H23ClN2/c1-15-13-22(2,3)25(4)21-12-20(23)17(11-19(15)21)10-18(14-24)16-8-6-5-7-9-16/h5-12,15H,13H2,1-4H3/b18-10+/t15-/m1/s1. The summed E-state index contributed by atoms with van der Waals surface area (Å²) in [4.78, 5) is 2.31. The van der Waals surface area contributed by atoms with Gasteiger partial charge in [-0.2, -0.15) is 5.26 Å². The summed E-state index contributed by atoms with van der Waals surface area (Å²) in [5, 5.41) is 10.2. The fourth-order valence-corrected chi connectivity index (χ4v) is 3.88. The van der Waals surface area contributed by atoms with Crippen molar-refractivity contribution in [3.8, 4) is 6.07 Å². The van der Waals surface area contributed by atoms with E-state index in [1.165, 1.54) is 11.3 Å². The van der Waals surface area contributed by atoms with E-state index in [1.807, 2.05) is 42.5 Å². The molecule has 3 rings (SSSR count). The van der Waals surface area contributed by atoms with Crippen LogP contribution in [-0.4, -0.2) is 12.6 Å². The molecule has 0 N–H and O–H groups in total. The molecule has 1 atom stereocenters. The summed E-state index contributed by atoms with van der Waals surface area (Å²) < 4.78 is 0. The van der Waals surface area contributed by atoms with Crippen LogP contribution >= 0.6 is 11.6 Å². The smallest absolute Gasteiger partial charge is 0.0998 e. The van der Waals surface area contributed by atoms with Crippen LogP contribution in [0.15, 0.2) is 42.5 Å². The molecule has 0 unspecified atom stereocenters. The SMILES string of the molecule is C[C@@H]1CC(C)(C)N(C)c2cc(Cl)c(/C=C(\C#N)c3ccccc3)cc21. The monoisotopic (exact) mass is 350 g/mol. The molecule has 1 aliphatic heterocycles. The molecule has 0 amide bonds. The Morgan fingerprint density at radius 2 is 1.96 bits per heavy atom. The minimum atomic E-state index is 0.106. The summed E-state index contributed by atoms with van der Waals surface area (Å²) in [5.41, 5.74) is 5.02. The fourth-order valence-electron chi connectivity index (χ4n) is 3.67. The second-order valence-electron chi connectivity index (χ2n) is 7.45. The van der Waals surface area contributed by atoms with E-state index in [-0.39, 0.29) is 5.54 Å². The van der Waals surface area contributed by atoms with Gasteiger partial charge in [0, 0.05) is 23.3 Å². The number of fused-ring (bicyclic) bond motifs is 1. The average molecular weight is 351 g/mol. The normalized spacial score (nSPS) is 19.3. The Morgan fingerprint density at radius 3 is 2.60 bits per heavy atom. The van der Waals surface area contributed by atoms with Gasteiger partial charge in [-0.05, 0) is 61.1 Å². The van der Waals surface area contributed by atoms with Crippen LogP contribution in [0.3, 0.4) is 0 Å². The molecular weight excluding hydrogens is 328 g/mol. The minimum Gasteiger partial charge on any atom is -0.369 e. The van der Waals surface area contributed by atoms with E-state index in [9.17, 15) is 5.26 Å². The summed E-state index contributed by atoms with van der Waals surface area (Å²) >= 11 is 6.58. The van der Waals surface area contributed by atoms with Crippen LogP contribution in [0.1, 0.15) is 49.8 Å².